The minimum absolute atomic E-state index is 0.235. The molecule has 0 aliphatic rings. The Hall–Kier alpha value is -2.85. The van der Waals surface area contributed by atoms with Gasteiger partial charge in [0.1, 0.15) is 12.7 Å². The van der Waals surface area contributed by atoms with Crippen molar-refractivity contribution in [2.75, 3.05) is 7.11 Å². The smallest absolute Gasteiger partial charge is 0.409 e. The van der Waals surface area contributed by atoms with Gasteiger partial charge in [0.25, 0.3) is 11.2 Å². The van der Waals surface area contributed by atoms with Crippen molar-refractivity contribution in [2.45, 2.75) is 6.18 Å². The summed E-state index contributed by atoms with van der Waals surface area (Å²) < 4.78 is 38.6. The van der Waals surface area contributed by atoms with E-state index < -0.39 is 44.5 Å². The van der Waals surface area contributed by atoms with Crippen LogP contribution in [0, 0.1) is 10.1 Å². The molecule has 8 nitrogen and oxygen atoms in total. The minimum atomic E-state index is -5.01. The molecular weight excluding hydrogens is 299 g/mol. The van der Waals surface area contributed by atoms with E-state index >= 15 is 0 Å². The number of hydrogen-bond donors (Lipinski definition) is 1. The van der Waals surface area contributed by atoms with Crippen LogP contribution in [0.1, 0.15) is 5.56 Å². The van der Waals surface area contributed by atoms with E-state index in [1.807, 2.05) is 4.98 Å². The number of H-pyrrole nitrogens is 1. The van der Waals surface area contributed by atoms with Crippen molar-refractivity contribution in [1.82, 2.24) is 9.71 Å². The summed E-state index contributed by atoms with van der Waals surface area (Å²) in [5.74, 6) is 0. The van der Waals surface area contributed by atoms with Crippen LogP contribution in [0.5, 0.6) is 0 Å². The lowest BCUT2D eigenvalue weighted by Gasteiger charge is -2.09. The Labute approximate surface area is 112 Å². The van der Waals surface area contributed by atoms with Gasteiger partial charge in [0, 0.05) is 6.07 Å². The maximum Gasteiger partial charge on any atom is 0.423 e. The molecule has 0 bridgehead atoms. The number of nitro groups is 1. The molecule has 0 unspecified atom stereocenters. The first kappa shape index (κ1) is 14.6. The van der Waals surface area contributed by atoms with Crippen LogP contribution in [0.25, 0.3) is 10.9 Å². The summed E-state index contributed by atoms with van der Waals surface area (Å²) in [4.78, 5) is 39.2. The minimum Gasteiger partial charge on any atom is -0.409 e. The van der Waals surface area contributed by atoms with Gasteiger partial charge in [-0.15, -0.1) is 0 Å². The Kier molecular flexibility index (Phi) is 3.20. The average molecular weight is 305 g/mol. The fourth-order valence-electron chi connectivity index (χ4n) is 1.78. The molecular formula is C10H6F3N3O5. The molecule has 0 aliphatic carbocycles. The third kappa shape index (κ3) is 2.32. The Morgan fingerprint density at radius 3 is 2.43 bits per heavy atom. The molecule has 0 amide bonds. The summed E-state index contributed by atoms with van der Waals surface area (Å²) in [5.41, 5.74) is -5.53. The lowest BCUT2D eigenvalue weighted by atomic mass is 10.1. The maximum atomic E-state index is 12.8. The third-order valence-corrected chi connectivity index (χ3v) is 2.66. The zero-order valence-electron chi connectivity index (χ0n) is 10.2. The van der Waals surface area contributed by atoms with E-state index in [1.54, 1.807) is 0 Å². The summed E-state index contributed by atoms with van der Waals surface area (Å²) in [6.07, 6.45) is -5.01. The molecule has 1 aromatic heterocycles. The van der Waals surface area contributed by atoms with Gasteiger partial charge >= 0.3 is 11.9 Å². The molecule has 112 valence electrons. The molecule has 1 aromatic carbocycles. The first-order chi connectivity index (χ1) is 9.66. The van der Waals surface area contributed by atoms with Crippen LogP contribution in [-0.2, 0) is 6.18 Å². The molecule has 2 rings (SSSR count). The van der Waals surface area contributed by atoms with Crippen LogP contribution < -0.4 is 16.1 Å². The SMILES string of the molecule is COn1c(=O)[nH]c2cc(C(F)(F)F)c([N+](=O)[O-])cc2c1=O. The largest absolute Gasteiger partial charge is 0.423 e. The summed E-state index contributed by atoms with van der Waals surface area (Å²) in [5, 5.41) is 10.3. The van der Waals surface area contributed by atoms with E-state index in [1.165, 1.54) is 0 Å². The number of nitrogens with zero attached hydrogens (tertiary/aromatic N) is 2. The topological polar surface area (TPSA) is 107 Å². The van der Waals surface area contributed by atoms with Crippen molar-refractivity contribution in [3.05, 3.63) is 48.6 Å². The molecule has 2 aromatic rings. The number of halogens is 3. The monoisotopic (exact) mass is 305 g/mol. The van der Waals surface area contributed by atoms with Crippen LogP contribution in [0.15, 0.2) is 21.7 Å². The van der Waals surface area contributed by atoms with E-state index in [4.69, 9.17) is 0 Å². The van der Waals surface area contributed by atoms with Gasteiger partial charge in [-0.3, -0.25) is 14.9 Å². The fraction of sp³-hybridized carbons (Fsp3) is 0.200. The van der Waals surface area contributed by atoms with Gasteiger partial charge in [0.15, 0.2) is 0 Å². The normalized spacial score (nSPS) is 11.6. The molecule has 1 N–H and O–H groups in total. The highest BCUT2D eigenvalue weighted by molar-refractivity contribution is 5.81. The van der Waals surface area contributed by atoms with Crippen LogP contribution in [0.3, 0.4) is 0 Å². The number of benzene rings is 1. The zero-order chi connectivity index (χ0) is 15.9. The fourth-order valence-corrected chi connectivity index (χ4v) is 1.78. The Balaban J connectivity index is 2.99. The van der Waals surface area contributed by atoms with Gasteiger partial charge in [-0.1, -0.05) is 4.73 Å². The van der Waals surface area contributed by atoms with Crippen molar-refractivity contribution >= 4 is 16.6 Å². The average Bonchev–Trinajstić information content (AvgIpc) is 2.36. The number of alkyl halides is 3. The second kappa shape index (κ2) is 4.61. The Bertz CT molecular complexity index is 852. The molecule has 0 saturated carbocycles. The second-order valence-electron chi connectivity index (χ2n) is 3.88. The molecule has 0 saturated heterocycles. The number of hydrogen-bond acceptors (Lipinski definition) is 5. The maximum absolute atomic E-state index is 12.8. The van der Waals surface area contributed by atoms with Gasteiger partial charge in [-0.05, 0) is 6.07 Å². The summed E-state index contributed by atoms with van der Waals surface area (Å²) in [6, 6.07) is 0.794. The Morgan fingerprint density at radius 1 is 1.33 bits per heavy atom. The summed E-state index contributed by atoms with van der Waals surface area (Å²) >= 11 is 0. The molecule has 0 spiro atoms. The zero-order valence-corrected chi connectivity index (χ0v) is 10.2. The van der Waals surface area contributed by atoms with Crippen LogP contribution >= 0.6 is 0 Å². The first-order valence-electron chi connectivity index (χ1n) is 5.26. The lowest BCUT2D eigenvalue weighted by Crippen LogP contribution is -2.38. The van der Waals surface area contributed by atoms with Gasteiger partial charge in [-0.25, -0.2) is 4.79 Å². The molecule has 0 atom stereocenters. The molecule has 11 heteroatoms. The van der Waals surface area contributed by atoms with Crippen LogP contribution in [0.2, 0.25) is 0 Å². The molecule has 1 heterocycles. The lowest BCUT2D eigenvalue weighted by molar-refractivity contribution is -0.387. The van der Waals surface area contributed by atoms with Crippen molar-refractivity contribution in [2.24, 2.45) is 0 Å². The highest BCUT2D eigenvalue weighted by atomic mass is 19.4. The van der Waals surface area contributed by atoms with E-state index in [-0.39, 0.29) is 4.73 Å². The number of aromatic nitrogens is 2. The third-order valence-electron chi connectivity index (χ3n) is 2.66. The number of aromatic amines is 1. The van der Waals surface area contributed by atoms with E-state index in [2.05, 4.69) is 4.84 Å². The highest BCUT2D eigenvalue weighted by Gasteiger charge is 2.39. The van der Waals surface area contributed by atoms with Crippen molar-refractivity contribution in [3.8, 4) is 0 Å². The van der Waals surface area contributed by atoms with Crippen molar-refractivity contribution in [1.29, 1.82) is 0 Å². The highest BCUT2D eigenvalue weighted by Crippen LogP contribution is 2.37. The number of nitro benzene ring substituents is 1. The predicted molar refractivity (Wildman–Crippen MR) is 63.0 cm³/mol. The second-order valence-corrected chi connectivity index (χ2v) is 3.88. The first-order valence-corrected chi connectivity index (χ1v) is 5.26. The van der Waals surface area contributed by atoms with Crippen molar-refractivity contribution in [3.63, 3.8) is 0 Å². The molecule has 0 fully saturated rings. The van der Waals surface area contributed by atoms with E-state index in [9.17, 15) is 32.9 Å². The molecule has 21 heavy (non-hydrogen) atoms. The van der Waals surface area contributed by atoms with Gasteiger partial charge < -0.3 is 9.82 Å². The Morgan fingerprint density at radius 2 is 1.95 bits per heavy atom. The van der Waals surface area contributed by atoms with Gasteiger partial charge in [0.05, 0.1) is 15.8 Å². The van der Waals surface area contributed by atoms with Gasteiger partial charge in [0.2, 0.25) is 0 Å². The molecule has 0 radical (unpaired) electrons. The number of fused-ring (bicyclic) bond motifs is 1. The number of nitrogens with one attached hydrogen (secondary N) is 1. The van der Waals surface area contributed by atoms with Crippen molar-refractivity contribution < 1.29 is 22.9 Å². The summed E-state index contributed by atoms with van der Waals surface area (Å²) in [6.45, 7) is 0. The van der Waals surface area contributed by atoms with E-state index in [0.717, 1.165) is 7.11 Å². The van der Waals surface area contributed by atoms with E-state index in [0.29, 0.717) is 12.1 Å². The van der Waals surface area contributed by atoms with Crippen LogP contribution in [0.4, 0.5) is 18.9 Å². The quantitative estimate of drug-likeness (QED) is 0.648. The summed E-state index contributed by atoms with van der Waals surface area (Å²) in [7, 11) is 0.987. The predicted octanol–water partition coefficient (Wildman–Crippen LogP) is 0.675. The van der Waals surface area contributed by atoms with Crippen LogP contribution in [-0.4, -0.2) is 21.7 Å². The molecule has 0 aliphatic heterocycles. The van der Waals surface area contributed by atoms with Gasteiger partial charge in [-0.2, -0.15) is 13.2 Å². The standard InChI is InChI=1S/C10H6F3N3O5/c1-21-15-8(17)4-2-7(16(19)20)5(10(11,12)13)3-6(4)14-9(15)18/h2-3H,1H3,(H,14,18). The number of rotatable bonds is 2.